The molecule has 0 aliphatic rings. The van der Waals surface area contributed by atoms with Gasteiger partial charge in [0.15, 0.2) is 0 Å². The monoisotopic (exact) mass is 356 g/mol. The molecular formula is C7H16O6S5. The second-order valence-corrected chi connectivity index (χ2v) is 7.94. The van der Waals surface area contributed by atoms with Gasteiger partial charge in [-0.2, -0.15) is 54.7 Å². The van der Waals surface area contributed by atoms with E-state index in [1.165, 1.54) is 0 Å². The van der Waals surface area contributed by atoms with E-state index in [2.05, 4.69) is 46.3 Å². The molecule has 0 fully saturated rings. The maximum Gasteiger partial charge on any atom is 0.272 e. The standard InChI is InChI=1S/C7H16O6S5/c8-17(9,12-1-3-14)6-7(5-16)18(10,11)13-2-4-15/h7,14-16H,1-6H2. The molecule has 11 heteroatoms. The van der Waals surface area contributed by atoms with Gasteiger partial charge in [-0.15, -0.1) is 0 Å². The molecule has 0 aliphatic carbocycles. The predicted molar refractivity (Wildman–Crippen MR) is 80.0 cm³/mol. The lowest BCUT2D eigenvalue weighted by Crippen LogP contribution is -2.34. The van der Waals surface area contributed by atoms with E-state index in [1.54, 1.807) is 0 Å². The fourth-order valence-electron chi connectivity index (χ4n) is 0.917. The van der Waals surface area contributed by atoms with Crippen molar-refractivity contribution in [3.63, 3.8) is 0 Å². The lowest BCUT2D eigenvalue weighted by atomic mass is 10.6. The third-order valence-corrected chi connectivity index (χ3v) is 5.94. The van der Waals surface area contributed by atoms with Crippen LogP contribution in [0.5, 0.6) is 0 Å². The molecule has 0 radical (unpaired) electrons. The van der Waals surface area contributed by atoms with E-state index < -0.39 is 31.2 Å². The van der Waals surface area contributed by atoms with E-state index in [4.69, 9.17) is 0 Å². The molecule has 0 rings (SSSR count). The summed E-state index contributed by atoms with van der Waals surface area (Å²) in [5, 5.41) is -1.27. The molecule has 0 amide bonds. The van der Waals surface area contributed by atoms with Crippen molar-refractivity contribution in [1.29, 1.82) is 0 Å². The van der Waals surface area contributed by atoms with Crippen molar-refractivity contribution in [2.45, 2.75) is 5.25 Å². The van der Waals surface area contributed by atoms with Crippen LogP contribution in [0.25, 0.3) is 0 Å². The molecule has 0 aromatic heterocycles. The van der Waals surface area contributed by atoms with Crippen molar-refractivity contribution in [2.75, 3.05) is 36.2 Å². The van der Waals surface area contributed by atoms with Crippen LogP contribution < -0.4 is 0 Å². The first-order valence-corrected chi connectivity index (χ1v) is 9.81. The van der Waals surface area contributed by atoms with Gasteiger partial charge in [0.25, 0.3) is 20.2 Å². The van der Waals surface area contributed by atoms with Crippen LogP contribution in [-0.4, -0.2) is 58.3 Å². The lowest BCUT2D eigenvalue weighted by molar-refractivity contribution is 0.329. The summed E-state index contributed by atoms with van der Waals surface area (Å²) in [6.45, 7) is -0.227. The van der Waals surface area contributed by atoms with Crippen LogP contribution in [0.4, 0.5) is 0 Å². The molecule has 6 nitrogen and oxygen atoms in total. The zero-order valence-electron chi connectivity index (χ0n) is 9.43. The number of rotatable bonds is 10. The minimum atomic E-state index is -4.00. The van der Waals surface area contributed by atoms with Crippen LogP contribution >= 0.6 is 37.9 Å². The van der Waals surface area contributed by atoms with Crippen molar-refractivity contribution in [3.8, 4) is 0 Å². The minimum absolute atomic E-state index is 0.109. The van der Waals surface area contributed by atoms with Gasteiger partial charge in [0, 0.05) is 17.3 Å². The Morgan fingerprint density at radius 3 is 1.83 bits per heavy atom. The van der Waals surface area contributed by atoms with Gasteiger partial charge in [-0.05, 0) is 0 Å². The average Bonchev–Trinajstić information content (AvgIpc) is 2.31. The van der Waals surface area contributed by atoms with Crippen molar-refractivity contribution in [2.24, 2.45) is 0 Å². The smallest absolute Gasteiger partial charge is 0.269 e. The van der Waals surface area contributed by atoms with Crippen molar-refractivity contribution >= 4 is 58.1 Å². The first-order chi connectivity index (χ1) is 8.29. The highest BCUT2D eigenvalue weighted by atomic mass is 32.2. The quantitative estimate of drug-likeness (QED) is 0.372. The third-order valence-electron chi connectivity index (χ3n) is 1.69. The second-order valence-electron chi connectivity index (χ2n) is 3.11. The Kier molecular flexibility index (Phi) is 9.36. The highest BCUT2D eigenvalue weighted by Crippen LogP contribution is 2.11. The topological polar surface area (TPSA) is 86.7 Å². The lowest BCUT2D eigenvalue weighted by Gasteiger charge is -2.14. The normalized spacial score (nSPS) is 14.6. The van der Waals surface area contributed by atoms with Crippen molar-refractivity contribution < 1.29 is 25.2 Å². The average molecular weight is 357 g/mol. The molecule has 0 saturated heterocycles. The zero-order valence-corrected chi connectivity index (χ0v) is 13.7. The van der Waals surface area contributed by atoms with Gasteiger partial charge < -0.3 is 0 Å². The molecule has 0 heterocycles. The molecule has 0 spiro atoms. The summed E-state index contributed by atoms with van der Waals surface area (Å²) >= 11 is 11.4. The Hall–Kier alpha value is 0.870. The molecule has 0 saturated carbocycles. The van der Waals surface area contributed by atoms with E-state index in [0.29, 0.717) is 0 Å². The summed E-state index contributed by atoms with van der Waals surface area (Å²) in [7, 11) is -7.94. The van der Waals surface area contributed by atoms with E-state index in [1.807, 2.05) is 0 Å². The Labute approximate surface area is 124 Å². The summed E-state index contributed by atoms with van der Waals surface area (Å²) < 4.78 is 55.3. The molecule has 1 atom stereocenters. The molecule has 0 N–H and O–H groups in total. The highest BCUT2D eigenvalue weighted by Gasteiger charge is 2.31. The molecule has 110 valence electrons. The Morgan fingerprint density at radius 1 is 0.889 bits per heavy atom. The Balaban J connectivity index is 4.70. The SMILES string of the molecule is O=S(=O)(CC(CS)S(=O)(=O)OCCS)OCCS. The first kappa shape index (κ1) is 18.9. The number of hydrogen-bond donors (Lipinski definition) is 3. The summed E-state index contributed by atoms with van der Waals surface area (Å²) in [6.07, 6.45) is 0. The van der Waals surface area contributed by atoms with Gasteiger partial charge in [-0.25, -0.2) is 0 Å². The van der Waals surface area contributed by atoms with Gasteiger partial charge >= 0.3 is 0 Å². The van der Waals surface area contributed by atoms with Crippen molar-refractivity contribution in [3.05, 3.63) is 0 Å². The van der Waals surface area contributed by atoms with Gasteiger partial charge in [0.2, 0.25) is 0 Å². The van der Waals surface area contributed by atoms with Gasteiger partial charge in [0.1, 0.15) is 5.25 Å². The van der Waals surface area contributed by atoms with Gasteiger partial charge in [-0.3, -0.25) is 8.37 Å². The van der Waals surface area contributed by atoms with Crippen LogP contribution in [0.3, 0.4) is 0 Å². The third kappa shape index (κ3) is 7.46. The molecule has 0 aromatic rings. The predicted octanol–water partition coefficient (Wildman–Crippen LogP) is -0.163. The highest BCUT2D eigenvalue weighted by molar-refractivity contribution is 7.92. The molecule has 0 bridgehead atoms. The Bertz CT molecular complexity index is 416. The fourth-order valence-corrected chi connectivity index (χ4v) is 5.06. The fraction of sp³-hybridized carbons (Fsp3) is 1.00. The van der Waals surface area contributed by atoms with Crippen LogP contribution in [-0.2, 0) is 28.6 Å². The second kappa shape index (κ2) is 8.93. The largest absolute Gasteiger partial charge is 0.272 e. The van der Waals surface area contributed by atoms with Gasteiger partial charge in [0.05, 0.1) is 19.0 Å². The maximum atomic E-state index is 11.6. The zero-order chi connectivity index (χ0) is 14.2. The number of thiol groups is 3. The van der Waals surface area contributed by atoms with Crippen molar-refractivity contribution in [1.82, 2.24) is 0 Å². The number of hydrogen-bond acceptors (Lipinski definition) is 9. The summed E-state index contributed by atoms with van der Waals surface area (Å²) in [6, 6.07) is 0. The van der Waals surface area contributed by atoms with E-state index in [9.17, 15) is 16.8 Å². The Morgan fingerprint density at radius 2 is 1.39 bits per heavy atom. The maximum absolute atomic E-state index is 11.6. The summed E-state index contributed by atoms with van der Waals surface area (Å²) in [5.74, 6) is -0.452. The first-order valence-electron chi connectivity index (χ1n) is 4.87. The molecule has 1 unspecified atom stereocenters. The minimum Gasteiger partial charge on any atom is -0.269 e. The molecular weight excluding hydrogens is 340 g/mol. The van der Waals surface area contributed by atoms with Crippen LogP contribution in [0.2, 0.25) is 0 Å². The van der Waals surface area contributed by atoms with E-state index in [-0.39, 0.29) is 30.5 Å². The summed E-state index contributed by atoms with van der Waals surface area (Å²) in [5.41, 5.74) is 0. The molecule has 0 aliphatic heterocycles. The van der Waals surface area contributed by atoms with Crippen LogP contribution in [0.1, 0.15) is 0 Å². The molecule has 0 aromatic carbocycles. The van der Waals surface area contributed by atoms with Gasteiger partial charge in [-0.1, -0.05) is 0 Å². The molecule has 18 heavy (non-hydrogen) atoms. The summed E-state index contributed by atoms with van der Waals surface area (Å²) in [4.78, 5) is 0. The van der Waals surface area contributed by atoms with E-state index in [0.717, 1.165) is 0 Å². The van der Waals surface area contributed by atoms with Crippen LogP contribution in [0, 0.1) is 0 Å². The van der Waals surface area contributed by atoms with Crippen LogP contribution in [0.15, 0.2) is 0 Å². The van der Waals surface area contributed by atoms with E-state index >= 15 is 0 Å².